The van der Waals surface area contributed by atoms with Crippen molar-refractivity contribution >= 4 is 11.0 Å². The highest BCUT2D eigenvalue weighted by molar-refractivity contribution is 5.78. The molecule has 3 N–H and O–H groups in total. The van der Waals surface area contributed by atoms with Gasteiger partial charge in [0.2, 0.25) is 0 Å². The number of hydrogen-bond acceptors (Lipinski definition) is 4. The van der Waals surface area contributed by atoms with Crippen LogP contribution in [0.1, 0.15) is 57.8 Å². The first kappa shape index (κ1) is 18.9. The highest BCUT2D eigenvalue weighted by Gasteiger charge is 2.41. The largest absolute Gasteiger partial charge is 0.377 e. The van der Waals surface area contributed by atoms with Gasteiger partial charge in [-0.2, -0.15) is 0 Å². The number of benzene rings is 1. The van der Waals surface area contributed by atoms with Crippen molar-refractivity contribution in [1.82, 2.24) is 20.2 Å². The van der Waals surface area contributed by atoms with Gasteiger partial charge in [-0.3, -0.25) is 10.2 Å². The molecule has 0 aliphatic carbocycles. The van der Waals surface area contributed by atoms with E-state index in [4.69, 9.17) is 4.98 Å². The predicted molar refractivity (Wildman–Crippen MR) is 110 cm³/mol. The van der Waals surface area contributed by atoms with Gasteiger partial charge in [0.15, 0.2) is 0 Å². The number of para-hydroxylation sites is 1. The summed E-state index contributed by atoms with van der Waals surface area (Å²) in [5.74, 6) is 1.82. The van der Waals surface area contributed by atoms with Crippen LogP contribution in [0.3, 0.4) is 0 Å². The third kappa shape index (κ3) is 4.20. The summed E-state index contributed by atoms with van der Waals surface area (Å²) in [6.07, 6.45) is 5.55. The minimum Gasteiger partial charge on any atom is -0.377 e. The highest BCUT2D eigenvalue weighted by atomic mass is 16.3. The topological polar surface area (TPSA) is 64.2 Å². The first-order valence-corrected chi connectivity index (χ1v) is 10.4. The van der Waals surface area contributed by atoms with Crippen molar-refractivity contribution in [3.05, 3.63) is 29.6 Å². The van der Waals surface area contributed by atoms with Gasteiger partial charge in [-0.05, 0) is 70.9 Å². The van der Waals surface area contributed by atoms with Crippen molar-refractivity contribution in [3.63, 3.8) is 0 Å². The Labute approximate surface area is 162 Å². The molecular formula is C22H34N4O. The summed E-state index contributed by atoms with van der Waals surface area (Å²) < 4.78 is 0. The number of fused-ring (bicyclic) bond motifs is 3. The molecule has 2 aliphatic rings. The second-order valence-electron chi connectivity index (χ2n) is 9.69. The minimum atomic E-state index is -0.456. The molecule has 0 saturated carbocycles. The number of aromatic amines is 1. The van der Waals surface area contributed by atoms with Gasteiger partial charge < -0.3 is 10.1 Å². The lowest BCUT2D eigenvalue weighted by molar-refractivity contribution is 0.0189. The molecule has 4 rings (SSSR count). The molecule has 0 amide bonds. The van der Waals surface area contributed by atoms with Gasteiger partial charge in [0.25, 0.3) is 0 Å². The second-order valence-corrected chi connectivity index (χ2v) is 9.69. The number of aromatic nitrogens is 2. The lowest BCUT2D eigenvalue weighted by Crippen LogP contribution is -2.53. The Hall–Kier alpha value is -1.43. The van der Waals surface area contributed by atoms with Crippen LogP contribution in [0.4, 0.5) is 0 Å². The monoisotopic (exact) mass is 370 g/mol. The molecule has 0 radical (unpaired) electrons. The van der Waals surface area contributed by atoms with Gasteiger partial charge in [0, 0.05) is 30.6 Å². The van der Waals surface area contributed by atoms with Crippen LogP contribution < -0.4 is 5.32 Å². The van der Waals surface area contributed by atoms with Crippen molar-refractivity contribution in [3.8, 4) is 0 Å². The summed E-state index contributed by atoms with van der Waals surface area (Å²) >= 11 is 0. The number of rotatable bonds is 5. The van der Waals surface area contributed by atoms with E-state index in [2.05, 4.69) is 61.1 Å². The number of nitrogens with zero attached hydrogens (tertiary/aromatic N) is 2. The molecule has 148 valence electrons. The third-order valence-corrected chi connectivity index (χ3v) is 6.21. The average molecular weight is 371 g/mol. The Kier molecular flexibility index (Phi) is 5.04. The molecule has 0 spiro atoms. The third-order valence-electron chi connectivity index (χ3n) is 6.21. The number of aryl methyl sites for hydroxylation is 1. The number of H-pyrrole nitrogens is 1. The lowest BCUT2D eigenvalue weighted by Gasteiger charge is -2.40. The molecule has 2 aromatic rings. The Bertz CT molecular complexity index is 779. The van der Waals surface area contributed by atoms with Crippen molar-refractivity contribution in [2.24, 2.45) is 5.92 Å². The van der Waals surface area contributed by atoms with Gasteiger partial charge in [-0.15, -0.1) is 0 Å². The van der Waals surface area contributed by atoms with Crippen molar-refractivity contribution in [2.75, 3.05) is 6.54 Å². The number of aliphatic hydroxyl groups excluding tert-OH is 1. The molecule has 1 unspecified atom stereocenters. The molecule has 2 fully saturated rings. The van der Waals surface area contributed by atoms with E-state index in [0.717, 1.165) is 29.8 Å². The van der Waals surface area contributed by atoms with E-state index >= 15 is 0 Å². The van der Waals surface area contributed by atoms with Crippen LogP contribution in [0.5, 0.6) is 0 Å². The normalized spacial score (nSPS) is 27.4. The van der Waals surface area contributed by atoms with Gasteiger partial charge in [0.05, 0.1) is 11.0 Å². The molecule has 27 heavy (non-hydrogen) atoms. The van der Waals surface area contributed by atoms with Gasteiger partial charge in [0.1, 0.15) is 12.1 Å². The predicted octanol–water partition coefficient (Wildman–Crippen LogP) is 3.36. The summed E-state index contributed by atoms with van der Waals surface area (Å²) in [7, 11) is 0. The Morgan fingerprint density at radius 3 is 2.59 bits per heavy atom. The number of hydrogen-bond donors (Lipinski definition) is 3. The highest BCUT2D eigenvalue weighted by Crippen LogP contribution is 2.39. The zero-order valence-electron chi connectivity index (χ0n) is 17.1. The SMILES string of the molecule is Cc1cccc2[nH]c(C[C@@H]3C[C@H]4CC[C@@H](C3)N4CC(O)NC(C)(C)C)nc12. The molecule has 4 atom stereocenters. The minimum absolute atomic E-state index is 0.0593. The van der Waals surface area contributed by atoms with Crippen LogP contribution in [0.15, 0.2) is 18.2 Å². The fraction of sp³-hybridized carbons (Fsp3) is 0.682. The summed E-state index contributed by atoms with van der Waals surface area (Å²) in [5.41, 5.74) is 3.45. The Balaban J connectivity index is 1.39. The lowest BCUT2D eigenvalue weighted by atomic mass is 9.88. The first-order valence-electron chi connectivity index (χ1n) is 10.4. The van der Waals surface area contributed by atoms with E-state index in [1.165, 1.54) is 31.2 Å². The number of aliphatic hydroxyl groups is 1. The van der Waals surface area contributed by atoms with Crippen LogP contribution >= 0.6 is 0 Å². The summed E-state index contributed by atoms with van der Waals surface area (Å²) in [6.45, 7) is 9.18. The van der Waals surface area contributed by atoms with Gasteiger partial charge in [-0.1, -0.05) is 12.1 Å². The molecule has 2 bridgehead atoms. The molecule has 2 saturated heterocycles. The fourth-order valence-corrected chi connectivity index (χ4v) is 5.19. The zero-order chi connectivity index (χ0) is 19.2. The van der Waals surface area contributed by atoms with E-state index in [1.807, 2.05) is 0 Å². The molecule has 5 nitrogen and oxygen atoms in total. The van der Waals surface area contributed by atoms with Crippen LogP contribution in [-0.4, -0.2) is 50.4 Å². The Morgan fingerprint density at radius 1 is 1.26 bits per heavy atom. The average Bonchev–Trinajstić information content (AvgIpc) is 3.05. The summed E-state index contributed by atoms with van der Waals surface area (Å²) in [4.78, 5) is 11.0. The van der Waals surface area contributed by atoms with Crippen molar-refractivity contribution in [1.29, 1.82) is 0 Å². The van der Waals surface area contributed by atoms with Crippen LogP contribution in [0.2, 0.25) is 0 Å². The van der Waals surface area contributed by atoms with Crippen LogP contribution in [0, 0.1) is 12.8 Å². The van der Waals surface area contributed by atoms with Gasteiger partial charge in [-0.25, -0.2) is 4.98 Å². The molecular weight excluding hydrogens is 336 g/mol. The second kappa shape index (κ2) is 7.19. The quantitative estimate of drug-likeness (QED) is 0.706. The number of piperidine rings is 1. The number of imidazole rings is 1. The number of nitrogens with one attached hydrogen (secondary N) is 2. The van der Waals surface area contributed by atoms with Crippen molar-refractivity contribution in [2.45, 2.75) is 83.6 Å². The molecule has 3 heterocycles. The van der Waals surface area contributed by atoms with Crippen molar-refractivity contribution < 1.29 is 5.11 Å². The van der Waals surface area contributed by atoms with E-state index < -0.39 is 6.23 Å². The maximum Gasteiger partial charge on any atom is 0.118 e. The fourth-order valence-electron chi connectivity index (χ4n) is 5.19. The smallest absolute Gasteiger partial charge is 0.118 e. The summed E-state index contributed by atoms with van der Waals surface area (Å²) in [5, 5.41) is 13.7. The standard InChI is InChI=1S/C22H34N4O/c1-14-6-5-7-18-21(14)24-19(23-18)12-15-10-16-8-9-17(11-15)26(16)13-20(27)25-22(2,3)4/h5-7,15-17,20,25,27H,8-13H2,1-4H3,(H,23,24)/t15-,16-,17+,20?. The Morgan fingerprint density at radius 2 is 1.96 bits per heavy atom. The molecule has 1 aromatic heterocycles. The van der Waals surface area contributed by atoms with E-state index in [1.54, 1.807) is 0 Å². The van der Waals surface area contributed by atoms with Crippen LogP contribution in [0.25, 0.3) is 11.0 Å². The summed E-state index contributed by atoms with van der Waals surface area (Å²) in [6, 6.07) is 7.56. The molecule has 5 heteroatoms. The maximum absolute atomic E-state index is 10.4. The van der Waals surface area contributed by atoms with E-state index in [0.29, 0.717) is 18.0 Å². The first-order chi connectivity index (χ1) is 12.8. The van der Waals surface area contributed by atoms with Gasteiger partial charge >= 0.3 is 0 Å². The molecule has 1 aromatic carbocycles. The van der Waals surface area contributed by atoms with Crippen LogP contribution in [-0.2, 0) is 6.42 Å². The maximum atomic E-state index is 10.4. The molecule has 2 aliphatic heterocycles. The van der Waals surface area contributed by atoms with E-state index in [-0.39, 0.29) is 5.54 Å². The zero-order valence-corrected chi connectivity index (χ0v) is 17.1. The van der Waals surface area contributed by atoms with E-state index in [9.17, 15) is 5.11 Å².